The van der Waals surface area contributed by atoms with Gasteiger partial charge >= 0.3 is 36.1 Å². The molecule has 4 aromatic rings. The standard InChI is InChI=1S/C52H60ClN9O16S/c1-27(57-43(67)37(17-19-39(63)64)60-49(71)77-51(3,4)5)47(69)75-25-34(76-48(70)28(2)58-44(68)38(18-20-40(65)66)61-50(72)78-52(6,7)8)24-73-33-15-11-29(12-16-33)41-35(21-54)42(56)62-46(36(41)22-55)79-26-32-23-74-45(59-32)30-9-13-31(53)14-10-30/h9-16,23,27-28,34,37-38H,17-20,24-26H2,1-8H3,(H2,56,62)(H,57,67)(H,58,68)(H,60,71)(H,61,72)(H,63,64)(H,65,66)/t27-,28-,34-,37-,38-/m0/s1. The second kappa shape index (κ2) is 28.7. The molecule has 0 aliphatic rings. The summed E-state index contributed by atoms with van der Waals surface area (Å²) in [7, 11) is 0. The van der Waals surface area contributed by atoms with Crippen LogP contribution in [-0.4, -0.2) is 123 Å². The number of alkyl carbamates (subject to hydrolysis) is 2. The van der Waals surface area contributed by atoms with Crippen molar-refractivity contribution < 1.29 is 76.7 Å². The summed E-state index contributed by atoms with van der Waals surface area (Å²) in [6.45, 7) is 10.6. The van der Waals surface area contributed by atoms with E-state index in [0.717, 1.165) is 11.8 Å². The van der Waals surface area contributed by atoms with Crippen molar-refractivity contribution in [2.24, 2.45) is 0 Å². The molecule has 0 bridgehead atoms. The number of carboxylic acid groups (broad SMARTS) is 2. The van der Waals surface area contributed by atoms with Crippen LogP contribution in [0.3, 0.4) is 0 Å². The van der Waals surface area contributed by atoms with Gasteiger partial charge in [-0.3, -0.25) is 19.2 Å². The highest BCUT2D eigenvalue weighted by Gasteiger charge is 2.32. The molecule has 79 heavy (non-hydrogen) atoms. The molecule has 0 aliphatic carbocycles. The maximum atomic E-state index is 13.6. The third kappa shape index (κ3) is 20.7. The van der Waals surface area contributed by atoms with E-state index in [-0.39, 0.29) is 51.9 Å². The number of aliphatic carboxylic acids is 2. The van der Waals surface area contributed by atoms with E-state index in [9.17, 15) is 59.1 Å². The van der Waals surface area contributed by atoms with Gasteiger partial charge in [-0.1, -0.05) is 35.5 Å². The number of carboxylic acids is 2. The molecule has 27 heteroatoms. The van der Waals surface area contributed by atoms with Gasteiger partial charge < -0.3 is 65.3 Å². The lowest BCUT2D eigenvalue weighted by molar-refractivity contribution is -0.163. The number of rotatable bonds is 25. The molecule has 0 unspecified atom stereocenters. The fourth-order valence-corrected chi connectivity index (χ4v) is 7.74. The Kier molecular flexibility index (Phi) is 22.8. The van der Waals surface area contributed by atoms with E-state index >= 15 is 0 Å². The summed E-state index contributed by atoms with van der Waals surface area (Å²) < 4.78 is 33.0. The molecule has 5 atom stereocenters. The van der Waals surface area contributed by atoms with E-state index in [0.29, 0.717) is 27.7 Å². The largest absolute Gasteiger partial charge is 0.490 e. The number of halogens is 1. The number of amides is 4. The Morgan fingerprint density at radius 3 is 1.72 bits per heavy atom. The minimum absolute atomic E-state index is 0.0372. The zero-order chi connectivity index (χ0) is 58.8. The number of hydrogen-bond donors (Lipinski definition) is 7. The van der Waals surface area contributed by atoms with Crippen LogP contribution < -0.4 is 31.7 Å². The van der Waals surface area contributed by atoms with Gasteiger partial charge in [-0.25, -0.2) is 29.1 Å². The van der Waals surface area contributed by atoms with Crippen molar-refractivity contribution in [2.45, 2.75) is 133 Å². The number of aromatic nitrogens is 2. The molecule has 2 aromatic carbocycles. The Morgan fingerprint density at radius 1 is 0.722 bits per heavy atom. The third-order valence-corrected chi connectivity index (χ3v) is 11.7. The first-order valence-electron chi connectivity index (χ1n) is 24.2. The van der Waals surface area contributed by atoms with E-state index in [1.807, 2.05) is 6.07 Å². The SMILES string of the molecule is C[C@H](NC(=O)[C@H](CCC(=O)O)NC(=O)OC(C)(C)C)C(=O)OC[C@H](COc1ccc(-c2c(C#N)c(N)nc(SCc3coc(-c4ccc(Cl)cc4)n3)c2C#N)cc1)OC(=O)[C@H](C)NC(=O)[C@H](CCC(=O)O)NC(=O)OC(C)(C)C. The summed E-state index contributed by atoms with van der Waals surface area (Å²) in [6.07, 6.45) is -3.91. The Bertz CT molecular complexity index is 2950. The fourth-order valence-electron chi connectivity index (χ4n) is 6.74. The predicted molar refractivity (Wildman–Crippen MR) is 282 cm³/mol. The smallest absolute Gasteiger partial charge is 0.408 e. The van der Waals surface area contributed by atoms with Crippen molar-refractivity contribution in [3.05, 3.63) is 76.6 Å². The van der Waals surface area contributed by atoms with E-state index < -0.39 is 115 Å². The number of esters is 2. The number of nitrogens with zero attached hydrogens (tertiary/aromatic N) is 4. The number of nitrogens with two attached hydrogens (primary N) is 1. The first-order chi connectivity index (χ1) is 37.1. The maximum absolute atomic E-state index is 13.6. The lowest BCUT2D eigenvalue weighted by atomic mass is 9.97. The van der Waals surface area contributed by atoms with Crippen LogP contribution >= 0.6 is 23.4 Å². The Morgan fingerprint density at radius 2 is 1.23 bits per heavy atom. The highest BCUT2D eigenvalue weighted by Crippen LogP contribution is 2.37. The lowest BCUT2D eigenvalue weighted by Crippen LogP contribution is -2.52. The summed E-state index contributed by atoms with van der Waals surface area (Å²) in [4.78, 5) is 110. The van der Waals surface area contributed by atoms with Gasteiger partial charge in [0.1, 0.15) is 89.1 Å². The number of carbonyl (C=O) groups is 8. The van der Waals surface area contributed by atoms with Gasteiger partial charge in [0.2, 0.25) is 17.7 Å². The van der Waals surface area contributed by atoms with Gasteiger partial charge in [0, 0.05) is 34.7 Å². The molecule has 0 radical (unpaired) electrons. The quantitative estimate of drug-likeness (QED) is 0.0226. The van der Waals surface area contributed by atoms with Gasteiger partial charge in [-0.15, -0.1) is 0 Å². The minimum Gasteiger partial charge on any atom is -0.490 e. The molecule has 8 N–H and O–H groups in total. The van der Waals surface area contributed by atoms with Crippen molar-refractivity contribution >= 4 is 77.1 Å². The van der Waals surface area contributed by atoms with Crippen LogP contribution in [0.5, 0.6) is 5.75 Å². The zero-order valence-corrected chi connectivity index (χ0v) is 45.9. The van der Waals surface area contributed by atoms with Crippen molar-refractivity contribution in [1.29, 1.82) is 10.5 Å². The summed E-state index contributed by atoms with van der Waals surface area (Å²) >= 11 is 7.15. The Hall–Kier alpha value is -8.62. The highest BCUT2D eigenvalue weighted by molar-refractivity contribution is 7.98. The van der Waals surface area contributed by atoms with Gasteiger partial charge in [0.25, 0.3) is 0 Å². The number of nitrogen functional groups attached to an aromatic ring is 1. The molecule has 25 nitrogen and oxygen atoms in total. The number of hydrogen-bond acceptors (Lipinski definition) is 20. The van der Waals surface area contributed by atoms with Crippen LogP contribution in [0.2, 0.25) is 5.02 Å². The fraction of sp³-hybridized carbons (Fsp3) is 0.423. The summed E-state index contributed by atoms with van der Waals surface area (Å²) in [5.74, 6) is -6.13. The first kappa shape index (κ1) is 62.9. The molecule has 422 valence electrons. The second-order valence-corrected chi connectivity index (χ2v) is 20.7. The third-order valence-electron chi connectivity index (χ3n) is 10.4. The Labute approximate surface area is 463 Å². The molecule has 0 aliphatic heterocycles. The lowest BCUT2D eigenvalue weighted by Gasteiger charge is -2.25. The van der Waals surface area contributed by atoms with Crippen LogP contribution in [0.1, 0.15) is 97.9 Å². The molecule has 0 saturated carbocycles. The number of ether oxygens (including phenoxy) is 5. The molecular weight excluding hydrogens is 1070 g/mol. The molecule has 0 fully saturated rings. The molecule has 0 spiro atoms. The monoisotopic (exact) mass is 1130 g/mol. The number of pyridine rings is 1. The Balaban J connectivity index is 1.55. The number of thioether (sulfide) groups is 1. The molecule has 4 amide bonds. The van der Waals surface area contributed by atoms with Crippen molar-refractivity contribution in [1.82, 2.24) is 31.2 Å². The number of oxazole rings is 1. The maximum Gasteiger partial charge on any atom is 0.408 e. The molecule has 4 rings (SSSR count). The van der Waals surface area contributed by atoms with Crippen LogP contribution in [-0.2, 0) is 53.5 Å². The van der Waals surface area contributed by atoms with Gasteiger partial charge in [0.15, 0.2) is 6.10 Å². The van der Waals surface area contributed by atoms with Crippen molar-refractivity contribution in [2.75, 3.05) is 18.9 Å². The topological polar surface area (TPSA) is 384 Å². The highest BCUT2D eigenvalue weighted by atomic mass is 35.5. The normalized spacial score (nSPS) is 13.1. The van der Waals surface area contributed by atoms with Gasteiger partial charge in [-0.2, -0.15) is 10.5 Å². The number of anilines is 1. The predicted octanol–water partition coefficient (Wildman–Crippen LogP) is 6.03. The van der Waals surface area contributed by atoms with Crippen LogP contribution in [0.4, 0.5) is 15.4 Å². The summed E-state index contributed by atoms with van der Waals surface area (Å²) in [6, 6.07) is 11.2. The molecular formula is C52H60ClN9O16S. The van der Waals surface area contributed by atoms with Gasteiger partial charge in [-0.05, 0) is 110 Å². The van der Waals surface area contributed by atoms with E-state index in [1.54, 1.807) is 65.8 Å². The van der Waals surface area contributed by atoms with Crippen molar-refractivity contribution in [3.8, 4) is 40.5 Å². The average Bonchev–Trinajstić information content (AvgIpc) is 3.87. The number of nitriles is 2. The second-order valence-electron chi connectivity index (χ2n) is 19.3. The van der Waals surface area contributed by atoms with E-state index in [4.69, 9.17) is 45.4 Å². The van der Waals surface area contributed by atoms with Crippen molar-refractivity contribution in [3.63, 3.8) is 0 Å². The molecule has 0 saturated heterocycles. The zero-order valence-electron chi connectivity index (χ0n) is 44.3. The van der Waals surface area contributed by atoms with Crippen LogP contribution in [0, 0.1) is 22.7 Å². The first-order valence-corrected chi connectivity index (χ1v) is 25.5. The minimum atomic E-state index is -1.47. The summed E-state index contributed by atoms with van der Waals surface area (Å²) in [5, 5.41) is 49.1. The van der Waals surface area contributed by atoms with Crippen LogP contribution in [0.15, 0.2) is 64.2 Å². The average molecular weight is 1130 g/mol. The van der Waals surface area contributed by atoms with Gasteiger partial charge in [0.05, 0.1) is 11.3 Å². The number of nitrogens with one attached hydrogen (secondary N) is 4. The van der Waals surface area contributed by atoms with Crippen LogP contribution in [0.25, 0.3) is 22.6 Å². The number of carbonyl (C=O) groups excluding carboxylic acids is 6. The number of benzene rings is 2. The van der Waals surface area contributed by atoms with E-state index in [2.05, 4.69) is 37.3 Å². The molecule has 2 aromatic heterocycles. The van der Waals surface area contributed by atoms with E-state index in [1.165, 1.54) is 44.4 Å². The summed E-state index contributed by atoms with van der Waals surface area (Å²) in [5.41, 5.74) is 6.02. The molecule has 2 heterocycles.